The maximum atomic E-state index is 11.6. The minimum absolute atomic E-state index is 0.205. The number of hydrogen-bond acceptors (Lipinski definition) is 3. The van der Waals surface area contributed by atoms with Gasteiger partial charge in [-0.15, -0.1) is 0 Å². The van der Waals surface area contributed by atoms with Gasteiger partial charge in [-0.2, -0.15) is 0 Å². The van der Waals surface area contributed by atoms with Crippen LogP contribution in [0.3, 0.4) is 0 Å². The Kier molecular flexibility index (Phi) is 4.41. The van der Waals surface area contributed by atoms with Gasteiger partial charge in [-0.3, -0.25) is 0 Å². The Hall–Kier alpha value is -0.450. The van der Waals surface area contributed by atoms with E-state index in [2.05, 4.69) is 15.9 Å². The van der Waals surface area contributed by atoms with E-state index in [9.17, 15) is 4.79 Å². The van der Waals surface area contributed by atoms with Crippen molar-refractivity contribution < 1.29 is 14.3 Å². The van der Waals surface area contributed by atoms with Crippen LogP contribution >= 0.6 is 39.1 Å². The molecule has 1 aliphatic rings. The molecular formula is C12H11BrCl2O3. The van der Waals surface area contributed by atoms with Gasteiger partial charge < -0.3 is 9.47 Å². The first-order valence-corrected chi connectivity index (χ1v) is 6.97. The fourth-order valence-corrected chi connectivity index (χ4v) is 2.42. The summed E-state index contributed by atoms with van der Waals surface area (Å²) in [6.07, 6.45) is 1.31. The molecule has 2 rings (SSSR count). The zero-order chi connectivity index (χ0) is 13.3. The summed E-state index contributed by atoms with van der Waals surface area (Å²) >= 11 is 15.3. The molecule has 0 aromatic heterocycles. The monoisotopic (exact) mass is 352 g/mol. The number of ether oxygens (including phenoxy) is 2. The third-order valence-corrected chi connectivity index (χ3v) is 4.20. The van der Waals surface area contributed by atoms with Crippen molar-refractivity contribution >= 4 is 45.1 Å². The van der Waals surface area contributed by atoms with Gasteiger partial charge in [-0.1, -0.05) is 23.2 Å². The van der Waals surface area contributed by atoms with E-state index in [0.717, 1.165) is 12.8 Å². The van der Waals surface area contributed by atoms with E-state index in [1.54, 1.807) is 12.1 Å². The van der Waals surface area contributed by atoms with Gasteiger partial charge in [0.05, 0.1) is 17.2 Å². The number of rotatable bonds is 4. The Labute approximate surface area is 123 Å². The standard InChI is InChI=1S/C12H11BrCl2O3/c1-17-12(16)11(6-2-3-6)18-10-5-8(14)7(13)4-9(10)15/h4-6,11H,2-3H2,1H3. The number of benzene rings is 1. The first-order valence-electron chi connectivity index (χ1n) is 5.42. The molecule has 98 valence electrons. The molecule has 1 saturated carbocycles. The molecule has 0 spiro atoms. The predicted molar refractivity (Wildman–Crippen MR) is 73.3 cm³/mol. The highest BCUT2D eigenvalue weighted by Gasteiger charge is 2.39. The second-order valence-electron chi connectivity index (χ2n) is 4.10. The maximum absolute atomic E-state index is 11.6. The van der Waals surface area contributed by atoms with Crippen molar-refractivity contribution in [3.63, 3.8) is 0 Å². The Morgan fingerprint density at radius 2 is 2.06 bits per heavy atom. The van der Waals surface area contributed by atoms with Crippen LogP contribution in [0.15, 0.2) is 16.6 Å². The van der Waals surface area contributed by atoms with E-state index in [1.165, 1.54) is 7.11 Å². The molecule has 0 aliphatic heterocycles. The van der Waals surface area contributed by atoms with Crippen LogP contribution in [0.25, 0.3) is 0 Å². The minimum Gasteiger partial charge on any atom is -0.477 e. The number of esters is 1. The van der Waals surface area contributed by atoms with Gasteiger partial charge in [0.1, 0.15) is 5.75 Å². The molecule has 0 amide bonds. The second kappa shape index (κ2) is 5.68. The fraction of sp³-hybridized carbons (Fsp3) is 0.417. The van der Waals surface area contributed by atoms with Crippen LogP contribution in [0.2, 0.25) is 10.0 Å². The third kappa shape index (κ3) is 3.11. The fourth-order valence-electron chi connectivity index (χ4n) is 1.58. The average molecular weight is 354 g/mol. The Morgan fingerprint density at radius 1 is 1.39 bits per heavy atom. The topological polar surface area (TPSA) is 35.5 Å². The van der Waals surface area contributed by atoms with Crippen molar-refractivity contribution in [2.24, 2.45) is 5.92 Å². The highest BCUT2D eigenvalue weighted by atomic mass is 79.9. The number of methoxy groups -OCH3 is 1. The lowest BCUT2D eigenvalue weighted by atomic mass is 10.2. The van der Waals surface area contributed by atoms with Gasteiger partial charge in [-0.05, 0) is 34.8 Å². The molecule has 1 aromatic rings. The predicted octanol–water partition coefficient (Wildman–Crippen LogP) is 4.09. The summed E-state index contributed by atoms with van der Waals surface area (Å²) in [6, 6.07) is 3.23. The van der Waals surface area contributed by atoms with Gasteiger partial charge in [0.15, 0.2) is 6.10 Å². The molecule has 1 unspecified atom stereocenters. The molecule has 1 fully saturated rings. The summed E-state index contributed by atoms with van der Waals surface area (Å²) in [5, 5.41) is 0.884. The van der Waals surface area contributed by atoms with Crippen LogP contribution in [-0.4, -0.2) is 19.2 Å². The van der Waals surface area contributed by atoms with E-state index in [4.69, 9.17) is 32.7 Å². The summed E-state index contributed by atoms with van der Waals surface area (Å²) in [6.45, 7) is 0. The zero-order valence-electron chi connectivity index (χ0n) is 9.58. The Morgan fingerprint density at radius 3 is 2.61 bits per heavy atom. The SMILES string of the molecule is COC(=O)C(Oc1cc(Cl)c(Br)cc1Cl)C1CC1. The molecule has 0 bridgehead atoms. The van der Waals surface area contributed by atoms with Crippen LogP contribution in [0.1, 0.15) is 12.8 Å². The van der Waals surface area contributed by atoms with Crippen molar-refractivity contribution in [1.29, 1.82) is 0 Å². The molecule has 18 heavy (non-hydrogen) atoms. The summed E-state index contributed by atoms with van der Waals surface area (Å²) in [5.41, 5.74) is 0. The largest absolute Gasteiger partial charge is 0.477 e. The third-order valence-electron chi connectivity index (χ3n) is 2.71. The Bertz CT molecular complexity index is 475. The molecule has 0 saturated heterocycles. The van der Waals surface area contributed by atoms with E-state index in [1.807, 2.05) is 0 Å². The van der Waals surface area contributed by atoms with Gasteiger partial charge >= 0.3 is 5.97 Å². The molecule has 3 nitrogen and oxygen atoms in total. The lowest BCUT2D eigenvalue weighted by molar-refractivity contribution is -0.149. The van der Waals surface area contributed by atoms with Crippen LogP contribution in [0.5, 0.6) is 5.75 Å². The van der Waals surface area contributed by atoms with Crippen LogP contribution in [0, 0.1) is 5.92 Å². The highest BCUT2D eigenvalue weighted by Crippen LogP contribution is 2.39. The summed E-state index contributed by atoms with van der Waals surface area (Å²) < 4.78 is 11.1. The first-order chi connectivity index (χ1) is 8.52. The number of carbonyl (C=O) groups excluding carboxylic acids is 1. The molecule has 1 aliphatic carbocycles. The number of hydrogen-bond donors (Lipinski definition) is 0. The van der Waals surface area contributed by atoms with E-state index in [-0.39, 0.29) is 11.9 Å². The molecule has 6 heteroatoms. The van der Waals surface area contributed by atoms with Gasteiger partial charge in [-0.25, -0.2) is 4.79 Å². The maximum Gasteiger partial charge on any atom is 0.347 e. The molecular weight excluding hydrogens is 343 g/mol. The lowest BCUT2D eigenvalue weighted by Gasteiger charge is -2.17. The molecule has 1 aromatic carbocycles. The van der Waals surface area contributed by atoms with Crippen LogP contribution in [0.4, 0.5) is 0 Å². The molecule has 1 atom stereocenters. The van der Waals surface area contributed by atoms with E-state index in [0.29, 0.717) is 20.3 Å². The van der Waals surface area contributed by atoms with E-state index < -0.39 is 6.10 Å². The Balaban J connectivity index is 2.21. The zero-order valence-corrected chi connectivity index (χ0v) is 12.7. The molecule has 0 heterocycles. The summed E-state index contributed by atoms with van der Waals surface area (Å²) in [7, 11) is 1.34. The lowest BCUT2D eigenvalue weighted by Crippen LogP contribution is -2.30. The molecule has 0 N–H and O–H groups in total. The average Bonchev–Trinajstić information content (AvgIpc) is 3.15. The highest BCUT2D eigenvalue weighted by molar-refractivity contribution is 9.10. The molecule has 0 radical (unpaired) electrons. The number of halogens is 3. The quantitative estimate of drug-likeness (QED) is 0.604. The summed E-state index contributed by atoms with van der Waals surface area (Å²) in [4.78, 5) is 11.6. The van der Waals surface area contributed by atoms with Gasteiger partial charge in [0.2, 0.25) is 0 Å². The van der Waals surface area contributed by atoms with Gasteiger partial charge in [0, 0.05) is 16.5 Å². The minimum atomic E-state index is -0.607. The van der Waals surface area contributed by atoms with Crippen molar-refractivity contribution in [3.05, 3.63) is 26.7 Å². The van der Waals surface area contributed by atoms with Gasteiger partial charge in [0.25, 0.3) is 0 Å². The van der Waals surface area contributed by atoms with Crippen molar-refractivity contribution in [2.75, 3.05) is 7.11 Å². The van der Waals surface area contributed by atoms with Crippen molar-refractivity contribution in [3.8, 4) is 5.75 Å². The summed E-state index contributed by atoms with van der Waals surface area (Å²) in [5.74, 6) is 0.218. The van der Waals surface area contributed by atoms with Crippen LogP contribution < -0.4 is 4.74 Å². The van der Waals surface area contributed by atoms with Crippen LogP contribution in [-0.2, 0) is 9.53 Å². The van der Waals surface area contributed by atoms with E-state index >= 15 is 0 Å². The normalized spacial score (nSPS) is 16.2. The smallest absolute Gasteiger partial charge is 0.347 e. The first kappa shape index (κ1) is 14.0. The van der Waals surface area contributed by atoms with Crippen molar-refractivity contribution in [2.45, 2.75) is 18.9 Å². The van der Waals surface area contributed by atoms with Crippen molar-refractivity contribution in [1.82, 2.24) is 0 Å². The number of carbonyl (C=O) groups is 1. The second-order valence-corrected chi connectivity index (χ2v) is 5.76.